The first-order valence-corrected chi connectivity index (χ1v) is 8.21. The maximum absolute atomic E-state index is 12.4. The average Bonchev–Trinajstić information content (AvgIpc) is 3.20. The second-order valence-electron chi connectivity index (χ2n) is 6.11. The molecule has 0 bridgehead atoms. The van der Waals surface area contributed by atoms with E-state index in [4.69, 9.17) is 4.42 Å². The van der Waals surface area contributed by atoms with Crippen LogP contribution in [0.1, 0.15) is 47.1 Å². The first-order chi connectivity index (χ1) is 11.2. The minimum Gasteiger partial charge on any atom is -0.468 e. The molecule has 3 rings (SSSR count). The Morgan fingerprint density at radius 1 is 1.39 bits per heavy atom. The highest BCUT2D eigenvalue weighted by Crippen LogP contribution is 2.24. The number of aryl methyl sites for hydroxylation is 1. The maximum atomic E-state index is 12.4. The van der Waals surface area contributed by atoms with Gasteiger partial charge in [0.15, 0.2) is 0 Å². The number of nitrogens with zero attached hydrogens (tertiary/aromatic N) is 3. The Bertz CT molecular complexity index is 642. The molecule has 0 aromatic carbocycles. The van der Waals surface area contributed by atoms with Gasteiger partial charge in [-0.3, -0.25) is 14.4 Å². The van der Waals surface area contributed by atoms with Crippen molar-refractivity contribution in [3.05, 3.63) is 41.6 Å². The van der Waals surface area contributed by atoms with Gasteiger partial charge in [0.1, 0.15) is 5.76 Å². The van der Waals surface area contributed by atoms with Crippen molar-refractivity contribution in [2.24, 2.45) is 7.05 Å². The molecule has 6 heteroatoms. The van der Waals surface area contributed by atoms with Gasteiger partial charge in [-0.05, 0) is 45.0 Å². The smallest absolute Gasteiger partial charge is 0.254 e. The lowest BCUT2D eigenvalue weighted by Gasteiger charge is -2.33. The number of carbonyl (C=O) groups excluding carboxylic acids is 1. The third kappa shape index (κ3) is 3.47. The zero-order valence-electron chi connectivity index (χ0n) is 13.8. The number of hydrogen-bond acceptors (Lipinski definition) is 4. The number of piperidine rings is 1. The fourth-order valence-electron chi connectivity index (χ4n) is 3.13. The van der Waals surface area contributed by atoms with Gasteiger partial charge in [-0.15, -0.1) is 0 Å². The summed E-state index contributed by atoms with van der Waals surface area (Å²) in [7, 11) is 1.84. The van der Waals surface area contributed by atoms with E-state index in [9.17, 15) is 4.79 Å². The van der Waals surface area contributed by atoms with Crippen molar-refractivity contribution in [3.8, 4) is 0 Å². The number of aromatic nitrogens is 2. The van der Waals surface area contributed by atoms with E-state index in [1.807, 2.05) is 26.1 Å². The molecule has 124 valence electrons. The molecule has 1 fully saturated rings. The molecule has 0 saturated carbocycles. The first kappa shape index (κ1) is 15.8. The van der Waals surface area contributed by atoms with Crippen molar-refractivity contribution in [1.29, 1.82) is 0 Å². The summed E-state index contributed by atoms with van der Waals surface area (Å²) in [6.07, 6.45) is 7.00. The molecule has 0 radical (unpaired) electrons. The van der Waals surface area contributed by atoms with Gasteiger partial charge in [-0.1, -0.05) is 6.42 Å². The van der Waals surface area contributed by atoms with Crippen LogP contribution in [0.5, 0.6) is 0 Å². The van der Waals surface area contributed by atoms with Crippen LogP contribution in [0.15, 0.2) is 29.0 Å². The van der Waals surface area contributed by atoms with Crippen molar-refractivity contribution >= 4 is 5.91 Å². The summed E-state index contributed by atoms with van der Waals surface area (Å²) in [5.41, 5.74) is 1.50. The summed E-state index contributed by atoms with van der Waals surface area (Å²) in [5, 5.41) is 7.18. The average molecular weight is 316 g/mol. The van der Waals surface area contributed by atoms with Crippen LogP contribution in [0, 0.1) is 6.92 Å². The molecule has 0 aliphatic carbocycles. The quantitative estimate of drug-likeness (QED) is 0.919. The van der Waals surface area contributed by atoms with E-state index >= 15 is 0 Å². The molecule has 2 aromatic rings. The molecule has 3 heterocycles. The number of amides is 1. The lowest BCUT2D eigenvalue weighted by Crippen LogP contribution is -2.40. The van der Waals surface area contributed by atoms with Crippen LogP contribution in [0.2, 0.25) is 0 Å². The summed E-state index contributed by atoms with van der Waals surface area (Å²) in [6.45, 7) is 4.54. The summed E-state index contributed by atoms with van der Waals surface area (Å²) in [6, 6.07) is 3.98. The van der Waals surface area contributed by atoms with Gasteiger partial charge >= 0.3 is 0 Å². The van der Waals surface area contributed by atoms with Gasteiger partial charge in [-0.2, -0.15) is 5.10 Å². The van der Waals surface area contributed by atoms with E-state index in [1.54, 1.807) is 17.1 Å². The second-order valence-corrected chi connectivity index (χ2v) is 6.11. The van der Waals surface area contributed by atoms with Crippen LogP contribution in [0.4, 0.5) is 0 Å². The van der Waals surface area contributed by atoms with Crippen molar-refractivity contribution in [1.82, 2.24) is 20.0 Å². The van der Waals surface area contributed by atoms with Crippen LogP contribution >= 0.6 is 0 Å². The van der Waals surface area contributed by atoms with E-state index in [2.05, 4.69) is 15.3 Å². The minimum atomic E-state index is -0.0795. The number of likely N-dealkylation sites (tertiary alicyclic amines) is 1. The van der Waals surface area contributed by atoms with Gasteiger partial charge in [0.2, 0.25) is 0 Å². The Balaban J connectivity index is 1.69. The molecule has 1 saturated heterocycles. The van der Waals surface area contributed by atoms with Crippen LogP contribution in [-0.2, 0) is 7.05 Å². The highest BCUT2D eigenvalue weighted by atomic mass is 16.3. The standard InChI is InChI=1S/C17H24N4O2/c1-13-14(11-19-20(13)2)17(22)18-12-15(16-7-6-10-23-16)21-8-4-3-5-9-21/h6-7,10-11,15H,3-5,8-9,12H2,1-2H3,(H,18,22)/t15-/m1/s1. The van der Waals surface area contributed by atoms with Crippen molar-refractivity contribution in [3.63, 3.8) is 0 Å². The number of rotatable bonds is 5. The lowest BCUT2D eigenvalue weighted by molar-refractivity contribution is 0.0913. The largest absolute Gasteiger partial charge is 0.468 e. The maximum Gasteiger partial charge on any atom is 0.254 e. The molecule has 0 spiro atoms. The van der Waals surface area contributed by atoms with Crippen LogP contribution < -0.4 is 5.32 Å². The van der Waals surface area contributed by atoms with E-state index in [1.165, 1.54) is 19.3 Å². The fraction of sp³-hybridized carbons (Fsp3) is 0.529. The first-order valence-electron chi connectivity index (χ1n) is 8.21. The van der Waals surface area contributed by atoms with E-state index in [-0.39, 0.29) is 11.9 Å². The summed E-state index contributed by atoms with van der Waals surface area (Å²) in [5.74, 6) is 0.833. The minimum absolute atomic E-state index is 0.0795. The Labute approximate surface area is 136 Å². The molecule has 1 N–H and O–H groups in total. The molecule has 2 aromatic heterocycles. The molecule has 23 heavy (non-hydrogen) atoms. The topological polar surface area (TPSA) is 63.3 Å². The molecule has 1 aliphatic heterocycles. The monoisotopic (exact) mass is 316 g/mol. The van der Waals surface area contributed by atoms with E-state index in [0.29, 0.717) is 12.1 Å². The van der Waals surface area contributed by atoms with Crippen LogP contribution in [0.3, 0.4) is 0 Å². The SMILES string of the molecule is Cc1c(C(=O)NC[C@H](c2ccco2)N2CCCCC2)cnn1C. The van der Waals surface area contributed by atoms with Crippen LogP contribution in [-0.4, -0.2) is 40.2 Å². The molecular weight excluding hydrogens is 292 g/mol. The Morgan fingerprint density at radius 2 is 2.17 bits per heavy atom. The molecular formula is C17H24N4O2. The Hall–Kier alpha value is -2.08. The fourth-order valence-corrected chi connectivity index (χ4v) is 3.13. The number of carbonyl (C=O) groups is 1. The van der Waals surface area contributed by atoms with Crippen LogP contribution in [0.25, 0.3) is 0 Å². The van der Waals surface area contributed by atoms with Gasteiger partial charge < -0.3 is 9.73 Å². The third-order valence-electron chi connectivity index (χ3n) is 4.64. The summed E-state index contributed by atoms with van der Waals surface area (Å²) in [4.78, 5) is 14.8. The van der Waals surface area contributed by atoms with E-state index < -0.39 is 0 Å². The normalized spacial score (nSPS) is 17.1. The number of furan rings is 1. The highest BCUT2D eigenvalue weighted by molar-refractivity contribution is 5.95. The Kier molecular flexibility index (Phi) is 4.81. The third-order valence-corrected chi connectivity index (χ3v) is 4.64. The molecule has 6 nitrogen and oxygen atoms in total. The highest BCUT2D eigenvalue weighted by Gasteiger charge is 2.25. The second kappa shape index (κ2) is 7.00. The van der Waals surface area contributed by atoms with Crippen molar-refractivity contribution in [2.75, 3.05) is 19.6 Å². The number of hydrogen-bond donors (Lipinski definition) is 1. The predicted octanol–water partition coefficient (Wildman–Crippen LogP) is 2.28. The predicted molar refractivity (Wildman–Crippen MR) is 87.2 cm³/mol. The van der Waals surface area contributed by atoms with Crippen molar-refractivity contribution in [2.45, 2.75) is 32.2 Å². The molecule has 0 unspecified atom stereocenters. The zero-order valence-corrected chi connectivity index (χ0v) is 13.8. The zero-order chi connectivity index (χ0) is 16.2. The summed E-state index contributed by atoms with van der Waals surface area (Å²) >= 11 is 0. The van der Waals surface area contributed by atoms with Gasteiger partial charge in [0, 0.05) is 19.3 Å². The molecule has 1 atom stereocenters. The molecule has 1 amide bonds. The van der Waals surface area contributed by atoms with E-state index in [0.717, 1.165) is 24.5 Å². The van der Waals surface area contributed by atoms with Gasteiger partial charge in [0.25, 0.3) is 5.91 Å². The van der Waals surface area contributed by atoms with Gasteiger partial charge in [-0.25, -0.2) is 0 Å². The summed E-state index contributed by atoms with van der Waals surface area (Å²) < 4.78 is 7.32. The Morgan fingerprint density at radius 3 is 2.78 bits per heavy atom. The van der Waals surface area contributed by atoms with Gasteiger partial charge in [0.05, 0.1) is 24.1 Å². The van der Waals surface area contributed by atoms with Crippen molar-refractivity contribution < 1.29 is 9.21 Å². The lowest BCUT2D eigenvalue weighted by atomic mass is 10.1. The number of nitrogens with one attached hydrogen (secondary N) is 1. The molecule has 1 aliphatic rings.